The Morgan fingerprint density at radius 2 is 1.90 bits per heavy atom. The summed E-state index contributed by atoms with van der Waals surface area (Å²) in [7, 11) is 1.82. The predicted molar refractivity (Wildman–Crippen MR) is 82.3 cm³/mol. The molecule has 0 aliphatic heterocycles. The number of hydrogen-bond acceptors (Lipinski definition) is 3. The summed E-state index contributed by atoms with van der Waals surface area (Å²) in [6, 6.07) is 9.01. The Morgan fingerprint density at radius 3 is 2.60 bits per heavy atom. The molecule has 3 nitrogen and oxygen atoms in total. The quantitative estimate of drug-likeness (QED) is 0.865. The molecule has 3 atom stereocenters. The van der Waals surface area contributed by atoms with E-state index < -0.39 is 0 Å². The minimum Gasteiger partial charge on any atom is -0.492 e. The maximum absolute atomic E-state index is 5.83. The van der Waals surface area contributed by atoms with E-state index in [0.717, 1.165) is 5.75 Å². The van der Waals surface area contributed by atoms with Gasteiger partial charge in [0.15, 0.2) is 0 Å². The van der Waals surface area contributed by atoms with Crippen molar-refractivity contribution < 1.29 is 9.47 Å². The first-order valence-electron chi connectivity index (χ1n) is 7.67. The molecule has 0 bridgehead atoms. The van der Waals surface area contributed by atoms with Gasteiger partial charge >= 0.3 is 0 Å². The average molecular weight is 277 g/mol. The van der Waals surface area contributed by atoms with Gasteiger partial charge in [-0.05, 0) is 38.8 Å². The van der Waals surface area contributed by atoms with Crippen LogP contribution in [0, 0.1) is 6.92 Å². The first-order valence-corrected chi connectivity index (χ1v) is 7.67. The van der Waals surface area contributed by atoms with Crippen molar-refractivity contribution in [3.8, 4) is 5.75 Å². The maximum atomic E-state index is 5.83. The number of benzene rings is 1. The van der Waals surface area contributed by atoms with Gasteiger partial charge in [-0.3, -0.25) is 0 Å². The molecule has 112 valence electrons. The molecule has 0 amide bonds. The molecule has 0 spiro atoms. The molecular weight excluding hydrogens is 250 g/mol. The van der Waals surface area contributed by atoms with Crippen LogP contribution in [0.25, 0.3) is 0 Å². The molecule has 1 aromatic rings. The Kier molecular flexibility index (Phi) is 5.86. The van der Waals surface area contributed by atoms with Crippen molar-refractivity contribution in [2.45, 2.75) is 57.7 Å². The van der Waals surface area contributed by atoms with Crippen LogP contribution < -0.4 is 10.1 Å². The Hall–Kier alpha value is -1.06. The summed E-state index contributed by atoms with van der Waals surface area (Å²) in [5.74, 6) is 0.941. The molecule has 1 fully saturated rings. The molecule has 1 aliphatic carbocycles. The molecule has 0 saturated heterocycles. The summed E-state index contributed by atoms with van der Waals surface area (Å²) < 4.78 is 11.4. The van der Waals surface area contributed by atoms with Crippen LogP contribution in [0.3, 0.4) is 0 Å². The van der Waals surface area contributed by atoms with Crippen LogP contribution >= 0.6 is 0 Å². The van der Waals surface area contributed by atoms with Crippen LogP contribution in [0.15, 0.2) is 24.3 Å². The van der Waals surface area contributed by atoms with E-state index in [1.165, 1.54) is 31.2 Å². The summed E-state index contributed by atoms with van der Waals surface area (Å²) in [5.41, 5.74) is 1.26. The van der Waals surface area contributed by atoms with Gasteiger partial charge in [0.25, 0.3) is 0 Å². The Bertz CT molecular complexity index is 390. The molecule has 3 heteroatoms. The van der Waals surface area contributed by atoms with Crippen molar-refractivity contribution in [1.82, 2.24) is 5.32 Å². The summed E-state index contributed by atoms with van der Waals surface area (Å²) in [6.07, 6.45) is 5.30. The first kappa shape index (κ1) is 15.3. The number of aryl methyl sites for hydroxylation is 1. The number of nitrogens with one attached hydrogen (secondary N) is 1. The van der Waals surface area contributed by atoms with Gasteiger partial charge in [-0.1, -0.05) is 30.5 Å². The number of rotatable bonds is 6. The third kappa shape index (κ3) is 4.50. The largest absolute Gasteiger partial charge is 0.492 e. The fourth-order valence-corrected chi connectivity index (χ4v) is 2.84. The third-order valence-electron chi connectivity index (χ3n) is 4.02. The smallest absolute Gasteiger partial charge is 0.119 e. The second-order valence-corrected chi connectivity index (χ2v) is 5.86. The average Bonchev–Trinajstić information content (AvgIpc) is 2.47. The fourth-order valence-electron chi connectivity index (χ4n) is 2.84. The summed E-state index contributed by atoms with van der Waals surface area (Å²) in [6.45, 7) is 4.95. The van der Waals surface area contributed by atoms with E-state index in [2.05, 4.69) is 31.3 Å². The zero-order chi connectivity index (χ0) is 14.4. The zero-order valence-corrected chi connectivity index (χ0v) is 12.9. The highest BCUT2D eigenvalue weighted by Crippen LogP contribution is 2.21. The molecule has 1 aromatic carbocycles. The SMILES string of the molecule is COC1CCCCC1NC(C)COc1ccc(C)cc1. The normalized spacial score (nSPS) is 24.4. The number of hydrogen-bond donors (Lipinski definition) is 1. The standard InChI is InChI=1S/C17H27NO2/c1-13-8-10-15(11-9-13)20-12-14(2)18-16-6-4-5-7-17(16)19-3/h8-11,14,16-18H,4-7,12H2,1-3H3. The van der Waals surface area contributed by atoms with Crippen LogP contribution in [0.1, 0.15) is 38.2 Å². The van der Waals surface area contributed by atoms with E-state index in [4.69, 9.17) is 9.47 Å². The second-order valence-electron chi connectivity index (χ2n) is 5.86. The molecule has 1 saturated carbocycles. The van der Waals surface area contributed by atoms with Gasteiger partial charge in [-0.2, -0.15) is 0 Å². The van der Waals surface area contributed by atoms with E-state index >= 15 is 0 Å². The van der Waals surface area contributed by atoms with Gasteiger partial charge in [0.1, 0.15) is 12.4 Å². The summed E-state index contributed by atoms with van der Waals surface area (Å²) in [5, 5.41) is 3.65. The van der Waals surface area contributed by atoms with Crippen molar-refractivity contribution in [3.05, 3.63) is 29.8 Å². The minimum atomic E-state index is 0.331. The Morgan fingerprint density at radius 1 is 1.20 bits per heavy atom. The molecule has 0 aromatic heterocycles. The van der Waals surface area contributed by atoms with Crippen LogP contribution in [-0.4, -0.2) is 31.9 Å². The van der Waals surface area contributed by atoms with Gasteiger partial charge in [0.2, 0.25) is 0 Å². The summed E-state index contributed by atoms with van der Waals surface area (Å²) >= 11 is 0. The van der Waals surface area contributed by atoms with E-state index in [0.29, 0.717) is 24.8 Å². The molecule has 3 unspecified atom stereocenters. The van der Waals surface area contributed by atoms with Crippen molar-refractivity contribution >= 4 is 0 Å². The van der Waals surface area contributed by atoms with E-state index in [1.54, 1.807) is 0 Å². The first-order chi connectivity index (χ1) is 9.69. The van der Waals surface area contributed by atoms with Gasteiger partial charge in [-0.15, -0.1) is 0 Å². The van der Waals surface area contributed by atoms with Gasteiger partial charge < -0.3 is 14.8 Å². The summed E-state index contributed by atoms with van der Waals surface area (Å²) in [4.78, 5) is 0. The molecule has 20 heavy (non-hydrogen) atoms. The molecule has 1 N–H and O–H groups in total. The van der Waals surface area contributed by atoms with Crippen LogP contribution in [0.2, 0.25) is 0 Å². The monoisotopic (exact) mass is 277 g/mol. The topological polar surface area (TPSA) is 30.5 Å². The lowest BCUT2D eigenvalue weighted by molar-refractivity contribution is 0.0361. The highest BCUT2D eigenvalue weighted by Gasteiger charge is 2.25. The van der Waals surface area contributed by atoms with Gasteiger partial charge in [0.05, 0.1) is 6.10 Å². The molecule has 0 radical (unpaired) electrons. The minimum absolute atomic E-state index is 0.331. The van der Waals surface area contributed by atoms with E-state index in [1.807, 2.05) is 19.2 Å². The Labute approximate surface area is 122 Å². The highest BCUT2D eigenvalue weighted by molar-refractivity contribution is 5.26. The second kappa shape index (κ2) is 7.65. The number of ether oxygens (including phenoxy) is 2. The predicted octanol–water partition coefficient (Wildman–Crippen LogP) is 3.31. The lowest BCUT2D eigenvalue weighted by Gasteiger charge is -2.33. The highest BCUT2D eigenvalue weighted by atomic mass is 16.5. The van der Waals surface area contributed by atoms with Gasteiger partial charge in [0, 0.05) is 19.2 Å². The lowest BCUT2D eigenvalue weighted by atomic mass is 9.92. The molecular formula is C17H27NO2. The third-order valence-corrected chi connectivity index (χ3v) is 4.02. The molecule has 1 aliphatic rings. The lowest BCUT2D eigenvalue weighted by Crippen LogP contribution is -2.48. The Balaban J connectivity index is 1.76. The van der Waals surface area contributed by atoms with E-state index in [-0.39, 0.29) is 0 Å². The van der Waals surface area contributed by atoms with Crippen LogP contribution in [-0.2, 0) is 4.74 Å². The molecule has 2 rings (SSSR count). The number of methoxy groups -OCH3 is 1. The zero-order valence-electron chi connectivity index (χ0n) is 12.9. The molecule has 0 heterocycles. The van der Waals surface area contributed by atoms with Crippen molar-refractivity contribution in [1.29, 1.82) is 0 Å². The van der Waals surface area contributed by atoms with Crippen LogP contribution in [0.5, 0.6) is 5.75 Å². The van der Waals surface area contributed by atoms with Crippen molar-refractivity contribution in [2.75, 3.05) is 13.7 Å². The van der Waals surface area contributed by atoms with Crippen molar-refractivity contribution in [3.63, 3.8) is 0 Å². The maximum Gasteiger partial charge on any atom is 0.119 e. The van der Waals surface area contributed by atoms with Crippen molar-refractivity contribution in [2.24, 2.45) is 0 Å². The van der Waals surface area contributed by atoms with E-state index in [9.17, 15) is 0 Å². The van der Waals surface area contributed by atoms with Gasteiger partial charge in [-0.25, -0.2) is 0 Å². The fraction of sp³-hybridized carbons (Fsp3) is 0.647. The van der Waals surface area contributed by atoms with Crippen LogP contribution in [0.4, 0.5) is 0 Å².